The largest absolute Gasteiger partial charge is 0.346 e. The summed E-state index contributed by atoms with van der Waals surface area (Å²) in [6, 6.07) is 16.3. The first-order valence-electron chi connectivity index (χ1n) is 12.3. The lowest BCUT2D eigenvalue weighted by Crippen LogP contribution is -2.37. The number of nitrogens with one attached hydrogen (secondary N) is 2. The predicted octanol–water partition coefficient (Wildman–Crippen LogP) is 4.20. The van der Waals surface area contributed by atoms with Crippen LogP contribution in [-0.2, 0) is 13.0 Å². The Morgan fingerprint density at radius 3 is 2.50 bits per heavy atom. The number of benzene rings is 2. The van der Waals surface area contributed by atoms with Gasteiger partial charge in [0.05, 0.1) is 0 Å². The summed E-state index contributed by atoms with van der Waals surface area (Å²) in [4.78, 5) is 17.5. The van der Waals surface area contributed by atoms with Crippen molar-refractivity contribution in [2.24, 2.45) is 5.92 Å². The van der Waals surface area contributed by atoms with E-state index in [1.54, 1.807) is 0 Å². The van der Waals surface area contributed by atoms with Crippen LogP contribution in [0.2, 0.25) is 0 Å². The first kappa shape index (κ1) is 25.6. The monoisotopic (exact) mass is 504 g/mol. The van der Waals surface area contributed by atoms with E-state index in [9.17, 15) is 4.79 Å². The summed E-state index contributed by atoms with van der Waals surface area (Å²) in [5.41, 5.74) is 4.07. The molecule has 0 fully saturated rings. The Labute approximate surface area is 216 Å². The normalized spacial score (nSPS) is 12.1. The first-order chi connectivity index (χ1) is 17.5. The van der Waals surface area contributed by atoms with Gasteiger partial charge in [-0.15, -0.1) is 15.3 Å². The zero-order valence-corrected chi connectivity index (χ0v) is 21.7. The number of tetrazole rings is 1. The van der Waals surface area contributed by atoms with Crippen molar-refractivity contribution < 1.29 is 4.79 Å². The highest BCUT2D eigenvalue weighted by Gasteiger charge is 2.20. The van der Waals surface area contributed by atoms with Crippen LogP contribution in [0.3, 0.4) is 0 Å². The minimum atomic E-state index is -0.251. The van der Waals surface area contributed by atoms with Crippen LogP contribution in [0.1, 0.15) is 55.6 Å². The SMILES string of the molecule is CCCn1nc(C(=O)NC(CS)CC(C)C)nc1Cc1ccc(-c2ccccc2-c2nn[nH]n2)cc1. The zero-order valence-electron chi connectivity index (χ0n) is 20.8. The maximum absolute atomic E-state index is 12.8. The molecule has 2 heterocycles. The minimum absolute atomic E-state index is 0.00900. The van der Waals surface area contributed by atoms with Gasteiger partial charge in [-0.2, -0.15) is 17.8 Å². The van der Waals surface area contributed by atoms with Gasteiger partial charge in [0, 0.05) is 30.3 Å². The van der Waals surface area contributed by atoms with Crippen molar-refractivity contribution in [2.75, 3.05) is 5.75 Å². The number of hydrogen-bond acceptors (Lipinski definition) is 7. The van der Waals surface area contributed by atoms with Crippen molar-refractivity contribution in [1.82, 2.24) is 40.7 Å². The second kappa shape index (κ2) is 11.9. The number of hydrogen-bond donors (Lipinski definition) is 3. The van der Waals surface area contributed by atoms with Gasteiger partial charge in [-0.05, 0) is 40.7 Å². The topological polar surface area (TPSA) is 114 Å². The molecule has 0 radical (unpaired) electrons. The molecule has 10 heteroatoms. The smallest absolute Gasteiger partial charge is 0.291 e. The molecule has 0 spiro atoms. The zero-order chi connectivity index (χ0) is 25.5. The number of aromatic amines is 1. The lowest BCUT2D eigenvalue weighted by molar-refractivity contribution is 0.0926. The highest BCUT2D eigenvalue weighted by Crippen LogP contribution is 2.30. The summed E-state index contributed by atoms with van der Waals surface area (Å²) >= 11 is 4.39. The van der Waals surface area contributed by atoms with Crippen molar-refractivity contribution in [2.45, 2.75) is 52.6 Å². The predicted molar refractivity (Wildman–Crippen MR) is 143 cm³/mol. The Bertz CT molecular complexity index is 1270. The molecule has 2 N–H and O–H groups in total. The van der Waals surface area contributed by atoms with E-state index >= 15 is 0 Å². The second-order valence-electron chi connectivity index (χ2n) is 9.21. The van der Waals surface area contributed by atoms with E-state index in [0.717, 1.165) is 40.9 Å². The fourth-order valence-corrected chi connectivity index (χ4v) is 4.42. The van der Waals surface area contributed by atoms with Gasteiger partial charge in [-0.1, -0.05) is 69.3 Å². The van der Waals surface area contributed by atoms with Gasteiger partial charge >= 0.3 is 0 Å². The fourth-order valence-electron chi connectivity index (χ4n) is 4.18. The molecule has 1 atom stereocenters. The van der Waals surface area contributed by atoms with Gasteiger partial charge < -0.3 is 5.32 Å². The highest BCUT2D eigenvalue weighted by molar-refractivity contribution is 7.80. The van der Waals surface area contributed by atoms with Crippen molar-refractivity contribution in [1.29, 1.82) is 0 Å². The molecule has 0 saturated heterocycles. The molecule has 0 saturated carbocycles. The number of aromatic nitrogens is 7. The Morgan fingerprint density at radius 2 is 1.86 bits per heavy atom. The molecule has 0 aliphatic rings. The average molecular weight is 505 g/mol. The van der Waals surface area contributed by atoms with Crippen molar-refractivity contribution >= 4 is 18.5 Å². The van der Waals surface area contributed by atoms with Crippen LogP contribution in [0.4, 0.5) is 0 Å². The van der Waals surface area contributed by atoms with Crippen LogP contribution in [0.5, 0.6) is 0 Å². The number of nitrogens with zero attached hydrogens (tertiary/aromatic N) is 6. The molecule has 1 amide bonds. The lowest BCUT2D eigenvalue weighted by atomic mass is 9.98. The molecule has 1 unspecified atom stereocenters. The van der Waals surface area contributed by atoms with Crippen LogP contribution in [-0.4, -0.2) is 53.1 Å². The number of thiol groups is 1. The number of rotatable bonds is 11. The summed E-state index contributed by atoms with van der Waals surface area (Å²) in [5.74, 6) is 2.33. The van der Waals surface area contributed by atoms with Gasteiger partial charge in [0.1, 0.15) is 5.82 Å². The number of aryl methyl sites for hydroxylation is 1. The molecule has 0 aliphatic heterocycles. The molecule has 4 rings (SSSR count). The number of carbonyl (C=O) groups is 1. The molecule has 9 nitrogen and oxygen atoms in total. The maximum atomic E-state index is 12.8. The third kappa shape index (κ3) is 6.17. The van der Waals surface area contributed by atoms with E-state index in [1.165, 1.54) is 0 Å². The third-order valence-electron chi connectivity index (χ3n) is 5.84. The van der Waals surface area contributed by atoms with Crippen LogP contribution in [0, 0.1) is 5.92 Å². The Morgan fingerprint density at radius 1 is 1.11 bits per heavy atom. The van der Waals surface area contributed by atoms with E-state index in [-0.39, 0.29) is 17.8 Å². The summed E-state index contributed by atoms with van der Waals surface area (Å²) in [6.07, 6.45) is 2.34. The molecule has 2 aromatic heterocycles. The quantitative estimate of drug-likeness (QED) is 0.264. The van der Waals surface area contributed by atoms with Gasteiger partial charge in [0.25, 0.3) is 5.91 Å². The number of carbonyl (C=O) groups excluding carboxylic acids is 1. The minimum Gasteiger partial charge on any atom is -0.346 e. The molecule has 36 heavy (non-hydrogen) atoms. The van der Waals surface area contributed by atoms with Crippen LogP contribution in [0.15, 0.2) is 48.5 Å². The van der Waals surface area contributed by atoms with Crippen molar-refractivity contribution in [3.63, 3.8) is 0 Å². The third-order valence-corrected chi connectivity index (χ3v) is 6.28. The summed E-state index contributed by atoms with van der Waals surface area (Å²) in [6.45, 7) is 7.04. The summed E-state index contributed by atoms with van der Waals surface area (Å²) < 4.78 is 1.84. The first-order valence-corrected chi connectivity index (χ1v) is 12.9. The van der Waals surface area contributed by atoms with Crippen LogP contribution in [0.25, 0.3) is 22.5 Å². The molecule has 4 aromatic rings. The van der Waals surface area contributed by atoms with Crippen LogP contribution >= 0.6 is 12.6 Å². The fraction of sp³-hybridized carbons (Fsp3) is 0.385. The second-order valence-corrected chi connectivity index (χ2v) is 9.58. The molecule has 0 aliphatic carbocycles. The Hall–Kier alpha value is -3.53. The Kier molecular flexibility index (Phi) is 8.48. The standard InChI is InChI=1S/C26H32N8OS/c1-4-13-34-23(28-25(31-34)26(35)27-20(16-36)14-17(2)3)15-18-9-11-19(12-10-18)21-7-5-6-8-22(21)24-29-32-33-30-24/h5-12,17,20,36H,4,13-16H2,1-3H3,(H,27,35)(H,29,30,32,33). The van der Waals surface area contributed by atoms with Gasteiger partial charge in [-0.25, -0.2) is 9.67 Å². The number of H-pyrrole nitrogens is 1. The van der Waals surface area contributed by atoms with Gasteiger partial charge in [0.15, 0.2) is 0 Å². The van der Waals surface area contributed by atoms with E-state index < -0.39 is 0 Å². The van der Waals surface area contributed by atoms with E-state index in [2.05, 4.69) is 93.7 Å². The molecule has 0 bridgehead atoms. The van der Waals surface area contributed by atoms with E-state index in [0.29, 0.717) is 30.5 Å². The lowest BCUT2D eigenvalue weighted by Gasteiger charge is -2.17. The van der Waals surface area contributed by atoms with Crippen molar-refractivity contribution in [3.05, 3.63) is 65.7 Å². The summed E-state index contributed by atoms with van der Waals surface area (Å²) in [7, 11) is 0. The molecule has 188 valence electrons. The van der Waals surface area contributed by atoms with Crippen molar-refractivity contribution in [3.8, 4) is 22.5 Å². The molecular weight excluding hydrogens is 472 g/mol. The van der Waals surface area contributed by atoms with E-state index in [4.69, 9.17) is 0 Å². The van der Waals surface area contributed by atoms with E-state index in [1.807, 2.05) is 28.9 Å². The van der Waals surface area contributed by atoms with Gasteiger partial charge in [0.2, 0.25) is 11.6 Å². The summed E-state index contributed by atoms with van der Waals surface area (Å²) in [5, 5.41) is 22.0. The van der Waals surface area contributed by atoms with Gasteiger partial charge in [-0.3, -0.25) is 4.79 Å². The highest BCUT2D eigenvalue weighted by atomic mass is 32.1. The number of amides is 1. The van der Waals surface area contributed by atoms with Crippen LogP contribution < -0.4 is 5.32 Å². The molecule has 2 aromatic carbocycles. The maximum Gasteiger partial charge on any atom is 0.291 e. The average Bonchev–Trinajstić information content (AvgIpc) is 3.55. The molecular formula is C26H32N8OS. The Balaban J connectivity index is 1.53.